The number of hydrogen-bond donors (Lipinski definition) is 2. The fraction of sp³-hybridized carbons (Fsp3) is 0.257. The molecule has 2 heterocycles. The van der Waals surface area contributed by atoms with Crippen LogP contribution < -0.4 is 19.8 Å². The van der Waals surface area contributed by atoms with Crippen molar-refractivity contribution in [2.75, 3.05) is 21.3 Å². The van der Waals surface area contributed by atoms with Gasteiger partial charge in [-0.25, -0.2) is 4.98 Å². The van der Waals surface area contributed by atoms with Crippen LogP contribution in [-0.2, 0) is 10.3 Å². The SMILES string of the molecule is COC1=CCC(C)([C@@]23Oc4cc(OC)cc(OC)c4[C@]2(O)c2nc(-c4ccc(Cl)cc4)[nH]c(=O)c2[C@H]3c2ccccc2)C=C1. The number of nitrogens with zero attached hydrogens (tertiary/aromatic N) is 1. The summed E-state index contributed by atoms with van der Waals surface area (Å²) in [5.74, 6) is 1.51. The molecule has 0 spiro atoms. The Morgan fingerprint density at radius 1 is 1.02 bits per heavy atom. The Hall–Kier alpha value is -4.53. The summed E-state index contributed by atoms with van der Waals surface area (Å²) in [6, 6.07) is 20.1. The average molecular weight is 611 g/mol. The third kappa shape index (κ3) is 3.67. The Morgan fingerprint density at radius 2 is 1.77 bits per heavy atom. The van der Waals surface area contributed by atoms with Gasteiger partial charge in [0.05, 0.1) is 44.1 Å². The van der Waals surface area contributed by atoms with Crippen molar-refractivity contribution in [2.45, 2.75) is 30.5 Å². The van der Waals surface area contributed by atoms with Gasteiger partial charge in [-0.2, -0.15) is 0 Å². The van der Waals surface area contributed by atoms with Crippen LogP contribution in [0.3, 0.4) is 0 Å². The standard InChI is InChI=1S/C35H31ClN2O6/c1-33(16-14-23(41-2)15-17-33)35-28(20-8-6-5-7-9-20)27-30(37-31(38-32(27)39)21-10-12-22(36)13-11-21)34(35,40)29-25(43-4)18-24(42-3)19-26(29)44-35/h5-16,18-19,28,40H,17H2,1-4H3,(H,37,38,39)/t28-,33?,34+,35-/m1/s1. The summed E-state index contributed by atoms with van der Waals surface area (Å²) in [4.78, 5) is 22.4. The van der Waals surface area contributed by atoms with Crippen molar-refractivity contribution in [3.8, 4) is 28.6 Å². The number of benzene rings is 3. The molecule has 0 fully saturated rings. The normalized spacial score (nSPS) is 26.2. The summed E-state index contributed by atoms with van der Waals surface area (Å²) in [6.45, 7) is 2.03. The van der Waals surface area contributed by atoms with Crippen molar-refractivity contribution < 1.29 is 24.1 Å². The number of hydrogen-bond acceptors (Lipinski definition) is 7. The van der Waals surface area contributed by atoms with Crippen LogP contribution in [0.5, 0.6) is 17.2 Å². The van der Waals surface area contributed by atoms with E-state index in [-0.39, 0.29) is 11.3 Å². The molecule has 8 nitrogen and oxygen atoms in total. The fourth-order valence-electron chi connectivity index (χ4n) is 7.30. The van der Waals surface area contributed by atoms with Gasteiger partial charge >= 0.3 is 0 Å². The Balaban J connectivity index is 1.62. The van der Waals surface area contributed by atoms with Crippen molar-refractivity contribution in [3.63, 3.8) is 0 Å². The number of methoxy groups -OCH3 is 3. The first-order valence-corrected chi connectivity index (χ1v) is 14.7. The highest BCUT2D eigenvalue weighted by molar-refractivity contribution is 6.30. The van der Waals surface area contributed by atoms with Crippen LogP contribution in [0, 0.1) is 5.41 Å². The van der Waals surface area contributed by atoms with Crippen LogP contribution in [0.2, 0.25) is 5.02 Å². The summed E-state index contributed by atoms with van der Waals surface area (Å²) < 4.78 is 24.2. The molecule has 0 radical (unpaired) electrons. The maximum Gasteiger partial charge on any atom is 0.255 e. The predicted octanol–water partition coefficient (Wildman–Crippen LogP) is 6.12. The monoisotopic (exact) mass is 610 g/mol. The van der Waals surface area contributed by atoms with Crippen molar-refractivity contribution in [1.29, 1.82) is 0 Å². The highest BCUT2D eigenvalue weighted by Gasteiger charge is 2.78. The Morgan fingerprint density at radius 3 is 2.41 bits per heavy atom. The van der Waals surface area contributed by atoms with Gasteiger partial charge in [0.1, 0.15) is 28.8 Å². The first kappa shape index (κ1) is 28.3. The Kier molecular flexibility index (Phi) is 6.43. The molecule has 4 aromatic rings. The zero-order valence-electron chi connectivity index (χ0n) is 24.7. The second-order valence-corrected chi connectivity index (χ2v) is 12.0. The lowest BCUT2D eigenvalue weighted by Crippen LogP contribution is -2.62. The zero-order valence-corrected chi connectivity index (χ0v) is 25.4. The molecule has 2 N–H and O–H groups in total. The van der Waals surface area contributed by atoms with Crippen molar-refractivity contribution in [1.82, 2.24) is 9.97 Å². The molecule has 1 aromatic heterocycles. The molecular formula is C35H31ClN2O6. The summed E-state index contributed by atoms with van der Waals surface area (Å²) >= 11 is 6.17. The molecule has 44 heavy (non-hydrogen) atoms. The maximum absolute atomic E-state index is 14.3. The maximum atomic E-state index is 14.3. The van der Waals surface area contributed by atoms with E-state index in [0.29, 0.717) is 57.0 Å². The Labute approximate surface area is 259 Å². The molecule has 0 bridgehead atoms. The van der Waals surface area contributed by atoms with Gasteiger partial charge in [0.25, 0.3) is 5.56 Å². The van der Waals surface area contributed by atoms with E-state index in [1.54, 1.807) is 50.6 Å². The fourth-order valence-corrected chi connectivity index (χ4v) is 7.42. The van der Waals surface area contributed by atoms with E-state index in [9.17, 15) is 9.90 Å². The lowest BCUT2D eigenvalue weighted by atomic mass is 9.57. The summed E-state index contributed by atoms with van der Waals surface area (Å²) in [5, 5.41) is 14.2. The minimum Gasteiger partial charge on any atom is -0.497 e. The van der Waals surface area contributed by atoms with Crippen LogP contribution in [0.1, 0.15) is 41.6 Å². The number of rotatable bonds is 6. The number of aromatic amines is 1. The first-order chi connectivity index (χ1) is 21.2. The largest absolute Gasteiger partial charge is 0.497 e. The molecule has 7 rings (SSSR count). The van der Waals surface area contributed by atoms with Crippen LogP contribution in [-0.4, -0.2) is 42.0 Å². The average Bonchev–Trinajstić information content (AvgIpc) is 3.45. The first-order valence-electron chi connectivity index (χ1n) is 14.3. The number of ether oxygens (including phenoxy) is 4. The number of fused-ring (bicyclic) bond motifs is 5. The van der Waals surface area contributed by atoms with E-state index in [1.807, 2.05) is 55.5 Å². The molecule has 0 saturated heterocycles. The number of H-pyrrole nitrogens is 1. The van der Waals surface area contributed by atoms with E-state index in [1.165, 1.54) is 7.11 Å². The van der Waals surface area contributed by atoms with Crippen molar-refractivity contribution in [3.05, 3.63) is 128 Å². The number of aliphatic hydroxyl groups is 1. The van der Waals surface area contributed by atoms with Gasteiger partial charge in [0.2, 0.25) is 0 Å². The quantitative estimate of drug-likeness (QED) is 0.271. The van der Waals surface area contributed by atoms with Gasteiger partial charge in [-0.15, -0.1) is 0 Å². The van der Waals surface area contributed by atoms with Crippen LogP contribution >= 0.6 is 11.6 Å². The van der Waals surface area contributed by atoms with Gasteiger partial charge in [0.15, 0.2) is 11.2 Å². The van der Waals surface area contributed by atoms with E-state index in [0.717, 1.165) is 5.56 Å². The molecule has 2 aliphatic carbocycles. The molecule has 3 aliphatic rings. The van der Waals surface area contributed by atoms with E-state index >= 15 is 0 Å². The zero-order chi connectivity index (χ0) is 30.9. The van der Waals surface area contributed by atoms with Gasteiger partial charge in [-0.05, 0) is 48.4 Å². The van der Waals surface area contributed by atoms with E-state index in [2.05, 4.69) is 4.98 Å². The minimum absolute atomic E-state index is 0.207. The van der Waals surface area contributed by atoms with Crippen LogP contribution in [0.25, 0.3) is 11.4 Å². The third-order valence-electron chi connectivity index (χ3n) is 9.34. The molecule has 1 aliphatic heterocycles. The van der Waals surface area contributed by atoms with Crippen molar-refractivity contribution >= 4 is 11.6 Å². The number of allylic oxidation sites excluding steroid dienone is 2. The Bertz CT molecular complexity index is 1900. The van der Waals surface area contributed by atoms with E-state index < -0.39 is 22.5 Å². The smallest absolute Gasteiger partial charge is 0.255 e. The lowest BCUT2D eigenvalue weighted by molar-refractivity contribution is -0.142. The molecule has 0 amide bonds. The molecular weight excluding hydrogens is 580 g/mol. The van der Waals surface area contributed by atoms with E-state index in [4.69, 9.17) is 35.5 Å². The summed E-state index contributed by atoms with van der Waals surface area (Å²) in [5.41, 5.74) is -2.32. The highest BCUT2D eigenvalue weighted by atomic mass is 35.5. The molecule has 224 valence electrons. The number of aromatic nitrogens is 2. The topological polar surface area (TPSA) is 103 Å². The number of halogens is 1. The third-order valence-corrected chi connectivity index (χ3v) is 9.59. The minimum atomic E-state index is -1.94. The molecule has 4 atom stereocenters. The number of nitrogens with one attached hydrogen (secondary N) is 1. The second kappa shape index (κ2) is 10.0. The lowest BCUT2D eigenvalue weighted by Gasteiger charge is -2.51. The molecule has 0 saturated carbocycles. The molecule has 3 aromatic carbocycles. The van der Waals surface area contributed by atoms with Gasteiger partial charge in [0, 0.05) is 28.1 Å². The van der Waals surface area contributed by atoms with Crippen LogP contribution in [0.15, 0.2) is 95.5 Å². The van der Waals surface area contributed by atoms with Gasteiger partial charge < -0.3 is 29.0 Å². The van der Waals surface area contributed by atoms with Gasteiger partial charge in [-0.3, -0.25) is 4.79 Å². The van der Waals surface area contributed by atoms with Gasteiger partial charge in [-0.1, -0.05) is 54.9 Å². The molecule has 1 unspecified atom stereocenters. The summed E-state index contributed by atoms with van der Waals surface area (Å²) in [7, 11) is 4.71. The van der Waals surface area contributed by atoms with Crippen LogP contribution in [0.4, 0.5) is 0 Å². The predicted molar refractivity (Wildman–Crippen MR) is 166 cm³/mol. The second-order valence-electron chi connectivity index (χ2n) is 11.5. The highest BCUT2D eigenvalue weighted by Crippen LogP contribution is 2.71. The molecule has 9 heteroatoms. The summed E-state index contributed by atoms with van der Waals surface area (Å²) in [6.07, 6.45) is 6.30. The van der Waals surface area contributed by atoms with Crippen molar-refractivity contribution in [2.24, 2.45) is 5.41 Å².